The lowest BCUT2D eigenvalue weighted by Gasteiger charge is -2.14. The molecule has 1 aliphatic rings. The van der Waals surface area contributed by atoms with E-state index < -0.39 is 7.82 Å². The Labute approximate surface area is 109 Å². The van der Waals surface area contributed by atoms with E-state index in [1.807, 2.05) is 0 Å². The normalized spacial score (nSPS) is 18.3. The smallest absolute Gasteiger partial charge is 0.329 e. The number of phosphoric acid groups is 1. The summed E-state index contributed by atoms with van der Waals surface area (Å²) in [5.74, 6) is 0. The van der Waals surface area contributed by atoms with Crippen molar-refractivity contribution in [1.29, 1.82) is 0 Å². The second-order valence-corrected chi connectivity index (χ2v) is 4.80. The zero-order chi connectivity index (χ0) is 14.3. The number of hydrogen-bond donors (Lipinski definition) is 5. The maximum Gasteiger partial charge on any atom is 0.472 e. The Balaban J connectivity index is 0. The van der Waals surface area contributed by atoms with Crippen LogP contribution in [0.3, 0.4) is 0 Å². The van der Waals surface area contributed by atoms with Crippen molar-refractivity contribution in [3.05, 3.63) is 0 Å². The molecule has 1 aliphatic heterocycles. The molecule has 0 bridgehead atoms. The molecule has 0 unspecified atom stereocenters. The summed E-state index contributed by atoms with van der Waals surface area (Å²) in [7, 11) is -3.66. The molecule has 0 saturated carbocycles. The lowest BCUT2D eigenvalue weighted by Crippen LogP contribution is -2.11. The molecular formula is C9H27N4O4P. The summed E-state index contributed by atoms with van der Waals surface area (Å²) in [6, 6.07) is 0. The largest absolute Gasteiger partial charge is 0.472 e. The molecule has 0 atom stereocenters. The lowest BCUT2D eigenvalue weighted by molar-refractivity contribution is 0.131. The van der Waals surface area contributed by atoms with E-state index >= 15 is 0 Å². The first-order chi connectivity index (χ1) is 8.54. The van der Waals surface area contributed by atoms with Crippen LogP contribution >= 0.6 is 7.82 Å². The van der Waals surface area contributed by atoms with E-state index in [0.29, 0.717) is 39.4 Å². The Morgan fingerprint density at radius 3 is 1.44 bits per heavy atom. The van der Waals surface area contributed by atoms with Crippen LogP contribution in [0.4, 0.5) is 0 Å². The maximum absolute atomic E-state index is 10.7. The van der Waals surface area contributed by atoms with Crippen molar-refractivity contribution >= 4 is 7.82 Å². The minimum absolute atomic E-state index is 0.327. The van der Waals surface area contributed by atoms with Crippen molar-refractivity contribution in [2.45, 2.75) is 19.3 Å². The molecule has 9 N–H and O–H groups in total. The summed E-state index contributed by atoms with van der Waals surface area (Å²) >= 11 is 0. The molecule has 18 heavy (non-hydrogen) atoms. The highest BCUT2D eigenvalue weighted by Crippen LogP contribution is 2.44. The number of nitrogens with two attached hydrogens (primary N) is 4. The molecule has 0 aliphatic carbocycles. The molecule has 1 rings (SSSR count). The summed E-state index contributed by atoms with van der Waals surface area (Å²) in [6.45, 7) is 3.04. The Morgan fingerprint density at radius 1 is 0.833 bits per heavy atom. The van der Waals surface area contributed by atoms with E-state index in [2.05, 4.69) is 9.05 Å². The molecule has 9 heteroatoms. The molecular weight excluding hydrogens is 259 g/mol. The van der Waals surface area contributed by atoms with Crippen LogP contribution in [-0.4, -0.2) is 44.3 Å². The van der Waals surface area contributed by atoms with Gasteiger partial charge in [0.1, 0.15) is 0 Å². The minimum atomic E-state index is -3.66. The zero-order valence-electron chi connectivity index (χ0n) is 10.8. The van der Waals surface area contributed by atoms with E-state index in [4.69, 9.17) is 27.8 Å². The van der Waals surface area contributed by atoms with Gasteiger partial charge in [0.15, 0.2) is 0 Å². The second kappa shape index (κ2) is 15.0. The third-order valence-electron chi connectivity index (χ3n) is 1.63. The maximum atomic E-state index is 10.7. The summed E-state index contributed by atoms with van der Waals surface area (Å²) in [5.41, 5.74) is 19.6. The third kappa shape index (κ3) is 18.3. The van der Waals surface area contributed by atoms with Crippen LogP contribution < -0.4 is 22.9 Å². The predicted octanol–water partition coefficient (Wildman–Crippen LogP) is -0.888. The second-order valence-electron chi connectivity index (χ2n) is 3.35. The van der Waals surface area contributed by atoms with Gasteiger partial charge in [-0.1, -0.05) is 0 Å². The van der Waals surface area contributed by atoms with E-state index in [1.54, 1.807) is 0 Å². The highest BCUT2D eigenvalue weighted by molar-refractivity contribution is 7.47. The van der Waals surface area contributed by atoms with E-state index in [0.717, 1.165) is 19.3 Å². The SMILES string of the molecule is NCCN.NCCN.O=P1(O)OCCCCCO1. The van der Waals surface area contributed by atoms with E-state index in [-0.39, 0.29) is 0 Å². The monoisotopic (exact) mass is 286 g/mol. The fourth-order valence-electron chi connectivity index (χ4n) is 0.778. The van der Waals surface area contributed by atoms with Gasteiger partial charge in [0, 0.05) is 26.2 Å². The van der Waals surface area contributed by atoms with Crippen molar-refractivity contribution in [2.75, 3.05) is 39.4 Å². The van der Waals surface area contributed by atoms with Gasteiger partial charge in [0.25, 0.3) is 0 Å². The van der Waals surface area contributed by atoms with Crippen LogP contribution in [0.25, 0.3) is 0 Å². The first kappa shape index (κ1) is 20.3. The van der Waals surface area contributed by atoms with Gasteiger partial charge in [0.05, 0.1) is 13.2 Å². The van der Waals surface area contributed by atoms with Gasteiger partial charge in [-0.3, -0.25) is 9.05 Å². The molecule has 0 amide bonds. The number of rotatable bonds is 2. The van der Waals surface area contributed by atoms with Gasteiger partial charge < -0.3 is 27.8 Å². The van der Waals surface area contributed by atoms with Gasteiger partial charge in [-0.2, -0.15) is 0 Å². The fourth-order valence-corrected chi connectivity index (χ4v) is 1.57. The van der Waals surface area contributed by atoms with Crippen LogP contribution in [-0.2, 0) is 13.6 Å². The van der Waals surface area contributed by atoms with Crippen molar-refractivity contribution in [3.8, 4) is 0 Å². The summed E-state index contributed by atoms with van der Waals surface area (Å²) < 4.78 is 19.8. The summed E-state index contributed by atoms with van der Waals surface area (Å²) in [5, 5.41) is 0. The van der Waals surface area contributed by atoms with Gasteiger partial charge in [-0.25, -0.2) is 4.57 Å². The van der Waals surface area contributed by atoms with Crippen molar-refractivity contribution in [1.82, 2.24) is 0 Å². The van der Waals surface area contributed by atoms with Gasteiger partial charge in [-0.05, 0) is 19.3 Å². The topological polar surface area (TPSA) is 160 Å². The Kier molecular flexibility index (Phi) is 16.9. The van der Waals surface area contributed by atoms with Crippen molar-refractivity contribution in [2.24, 2.45) is 22.9 Å². The van der Waals surface area contributed by atoms with Crippen molar-refractivity contribution in [3.63, 3.8) is 0 Å². The average molecular weight is 286 g/mol. The molecule has 0 aromatic carbocycles. The molecule has 0 spiro atoms. The van der Waals surface area contributed by atoms with Crippen LogP contribution in [0.5, 0.6) is 0 Å². The molecule has 8 nitrogen and oxygen atoms in total. The minimum Gasteiger partial charge on any atom is -0.329 e. The van der Waals surface area contributed by atoms with Gasteiger partial charge in [0.2, 0.25) is 0 Å². The fraction of sp³-hybridized carbons (Fsp3) is 1.00. The molecule has 1 saturated heterocycles. The summed E-state index contributed by atoms with van der Waals surface area (Å²) in [4.78, 5) is 8.79. The Hall–Kier alpha value is -0.0500. The Bertz CT molecular complexity index is 189. The molecule has 1 fully saturated rings. The summed E-state index contributed by atoms with van der Waals surface area (Å²) in [6.07, 6.45) is 2.68. The standard InChI is InChI=1S/C5H11O4P.2C2H8N2/c6-10(7)8-4-2-1-3-5-9-10;2*3-1-2-4/h1-5H2,(H,6,7);2*1-4H2. The number of phosphoric ester groups is 1. The molecule has 0 radical (unpaired) electrons. The molecule has 1 heterocycles. The van der Waals surface area contributed by atoms with E-state index in [1.165, 1.54) is 0 Å². The first-order valence-corrected chi connectivity index (χ1v) is 7.45. The third-order valence-corrected chi connectivity index (χ3v) is 2.65. The molecule has 112 valence electrons. The molecule has 0 aromatic rings. The predicted molar refractivity (Wildman–Crippen MR) is 71.8 cm³/mol. The zero-order valence-corrected chi connectivity index (χ0v) is 11.7. The highest BCUT2D eigenvalue weighted by Gasteiger charge is 2.21. The van der Waals surface area contributed by atoms with Crippen LogP contribution in [0.15, 0.2) is 0 Å². The quantitative estimate of drug-likeness (QED) is 0.409. The van der Waals surface area contributed by atoms with Gasteiger partial charge >= 0.3 is 7.82 Å². The lowest BCUT2D eigenvalue weighted by atomic mass is 10.2. The Morgan fingerprint density at radius 2 is 1.17 bits per heavy atom. The molecule has 0 aromatic heterocycles. The van der Waals surface area contributed by atoms with Gasteiger partial charge in [-0.15, -0.1) is 0 Å². The van der Waals surface area contributed by atoms with Crippen LogP contribution in [0.2, 0.25) is 0 Å². The number of hydrogen-bond acceptors (Lipinski definition) is 7. The highest BCUT2D eigenvalue weighted by atomic mass is 31.2. The average Bonchev–Trinajstić information content (AvgIpc) is 2.35. The van der Waals surface area contributed by atoms with Crippen LogP contribution in [0.1, 0.15) is 19.3 Å². The van der Waals surface area contributed by atoms with Crippen LogP contribution in [0, 0.1) is 0 Å². The van der Waals surface area contributed by atoms with Crippen molar-refractivity contribution < 1.29 is 18.5 Å². The first-order valence-electron chi connectivity index (χ1n) is 5.96. The van der Waals surface area contributed by atoms with E-state index in [9.17, 15) is 4.57 Å².